The zero-order valence-electron chi connectivity index (χ0n) is 21.6. The standard InChI is InChI=1S/C26H27Cl2NO8S4/c1-2-15(7-25-21(11-18(30)13-40(32,33)34)20-9-16(27)3-5-23(20)38-25)8-26-29(12-19(31)14-41(35,36)37)22-10-17(28)4-6-24(22)39-26/h3-10,18-19,21,30-31H,2,11-14H2,1H3,(H-,32,33,34,35,36,37)/p+1/b15-8?,25-7-. The molecular formula is C26H28Cl2NO8S4+. The van der Waals surface area contributed by atoms with Crippen molar-refractivity contribution in [2.45, 2.75) is 49.3 Å². The first-order valence-electron chi connectivity index (χ1n) is 12.4. The highest BCUT2D eigenvalue weighted by Crippen LogP contribution is 2.51. The van der Waals surface area contributed by atoms with Gasteiger partial charge in [0.1, 0.15) is 22.3 Å². The van der Waals surface area contributed by atoms with Crippen LogP contribution >= 0.6 is 46.3 Å². The fourth-order valence-corrected chi connectivity index (χ4v) is 8.63. The molecule has 3 atom stereocenters. The molecule has 4 N–H and O–H groups in total. The predicted octanol–water partition coefficient (Wildman–Crippen LogP) is 4.95. The lowest BCUT2D eigenvalue weighted by Crippen LogP contribution is -2.43. The largest absolute Gasteiger partial charge is 0.392 e. The second-order valence-electron chi connectivity index (χ2n) is 9.66. The van der Waals surface area contributed by atoms with Gasteiger partial charge in [0.15, 0.2) is 6.54 Å². The number of hydrogen-bond donors (Lipinski definition) is 4. The lowest BCUT2D eigenvalue weighted by Gasteiger charge is -2.17. The fourth-order valence-electron chi connectivity index (χ4n) is 4.66. The zero-order chi connectivity index (χ0) is 30.1. The van der Waals surface area contributed by atoms with Crippen LogP contribution < -0.4 is 4.57 Å². The molecule has 1 aliphatic rings. The number of nitrogens with zero attached hydrogens (tertiary/aromatic N) is 1. The molecule has 3 unspecified atom stereocenters. The Labute approximate surface area is 256 Å². The number of hydrogen-bond acceptors (Lipinski definition) is 8. The zero-order valence-corrected chi connectivity index (χ0v) is 26.4. The van der Waals surface area contributed by atoms with E-state index in [1.54, 1.807) is 28.8 Å². The van der Waals surface area contributed by atoms with Gasteiger partial charge in [0.05, 0.1) is 6.10 Å². The van der Waals surface area contributed by atoms with Gasteiger partial charge in [0, 0.05) is 33.0 Å². The number of rotatable bonds is 11. The van der Waals surface area contributed by atoms with Crippen LogP contribution in [0.15, 0.2) is 57.8 Å². The minimum atomic E-state index is -4.40. The predicted molar refractivity (Wildman–Crippen MR) is 163 cm³/mol. The van der Waals surface area contributed by atoms with Crippen molar-refractivity contribution >= 4 is 82.8 Å². The number of aliphatic hydroxyl groups is 2. The molecule has 15 heteroatoms. The van der Waals surface area contributed by atoms with Crippen LogP contribution in [0.2, 0.25) is 10.0 Å². The number of thioether (sulfide) groups is 1. The fraction of sp³-hybridized carbons (Fsp3) is 0.346. The normalized spacial score (nSPS) is 18.7. The van der Waals surface area contributed by atoms with E-state index >= 15 is 0 Å². The molecule has 0 spiro atoms. The first kappa shape index (κ1) is 32.4. The number of thiazole rings is 1. The van der Waals surface area contributed by atoms with Crippen LogP contribution in [-0.4, -0.2) is 59.9 Å². The van der Waals surface area contributed by atoms with Crippen molar-refractivity contribution in [1.29, 1.82) is 0 Å². The second kappa shape index (κ2) is 13.0. The van der Waals surface area contributed by atoms with Crippen molar-refractivity contribution in [2.75, 3.05) is 11.5 Å². The molecule has 9 nitrogen and oxygen atoms in total. The van der Waals surface area contributed by atoms with Crippen molar-refractivity contribution in [3.8, 4) is 0 Å². The van der Waals surface area contributed by atoms with E-state index in [-0.39, 0.29) is 18.9 Å². The van der Waals surface area contributed by atoms with Gasteiger partial charge in [-0.25, -0.2) is 0 Å². The van der Waals surface area contributed by atoms with Crippen LogP contribution in [0.1, 0.15) is 36.3 Å². The third-order valence-corrected chi connectivity index (χ3v) is 10.8. The Kier molecular flexibility index (Phi) is 10.3. The molecule has 2 aromatic carbocycles. The van der Waals surface area contributed by atoms with Crippen molar-refractivity contribution in [3.05, 3.63) is 73.6 Å². The van der Waals surface area contributed by atoms with Crippen LogP contribution in [0.5, 0.6) is 0 Å². The van der Waals surface area contributed by atoms with Crippen LogP contribution in [-0.2, 0) is 26.8 Å². The highest BCUT2D eigenvalue weighted by molar-refractivity contribution is 8.03. The summed E-state index contributed by atoms with van der Waals surface area (Å²) in [6, 6.07) is 10.7. The smallest absolute Gasteiger partial charge is 0.267 e. The number of halogens is 2. The highest BCUT2D eigenvalue weighted by atomic mass is 35.5. The summed E-state index contributed by atoms with van der Waals surface area (Å²) in [7, 11) is -8.77. The number of benzene rings is 2. The maximum absolute atomic E-state index is 11.4. The van der Waals surface area contributed by atoms with Crippen LogP contribution in [0.25, 0.3) is 16.3 Å². The summed E-state index contributed by atoms with van der Waals surface area (Å²) >= 11 is 15.4. The number of aromatic nitrogens is 1. The molecule has 0 saturated carbocycles. The molecule has 1 aliphatic heterocycles. The van der Waals surface area contributed by atoms with E-state index in [9.17, 15) is 36.2 Å². The Balaban J connectivity index is 1.75. The third-order valence-electron chi connectivity index (χ3n) is 6.36. The highest BCUT2D eigenvalue weighted by Gasteiger charge is 2.32. The number of aliphatic hydroxyl groups excluding tert-OH is 2. The summed E-state index contributed by atoms with van der Waals surface area (Å²) in [5.41, 5.74) is 2.41. The molecule has 1 aromatic heterocycles. The molecular weight excluding hydrogens is 653 g/mol. The summed E-state index contributed by atoms with van der Waals surface area (Å²) in [6.07, 6.45) is 1.82. The maximum Gasteiger partial charge on any atom is 0.267 e. The van der Waals surface area contributed by atoms with E-state index in [0.29, 0.717) is 27.0 Å². The third kappa shape index (κ3) is 8.75. The van der Waals surface area contributed by atoms with Gasteiger partial charge in [-0.1, -0.05) is 53.2 Å². The molecule has 0 saturated heterocycles. The lowest BCUT2D eigenvalue weighted by molar-refractivity contribution is -0.675. The number of allylic oxidation sites excluding steroid dienone is 3. The van der Waals surface area contributed by atoms with E-state index in [1.807, 2.05) is 31.2 Å². The summed E-state index contributed by atoms with van der Waals surface area (Å²) in [4.78, 5) is 1.77. The Morgan fingerprint density at radius 1 is 1.00 bits per heavy atom. The van der Waals surface area contributed by atoms with Crippen LogP contribution in [0.3, 0.4) is 0 Å². The Hall–Kier alpha value is -1.52. The van der Waals surface area contributed by atoms with Gasteiger partial charge < -0.3 is 10.2 Å². The summed E-state index contributed by atoms with van der Waals surface area (Å²) < 4.78 is 66.5. The van der Waals surface area contributed by atoms with E-state index in [4.69, 9.17) is 23.2 Å². The molecule has 0 aliphatic carbocycles. The second-order valence-corrected chi connectivity index (χ2v) is 15.7. The first-order chi connectivity index (χ1) is 19.1. The molecule has 0 amide bonds. The van der Waals surface area contributed by atoms with Gasteiger partial charge in [-0.2, -0.15) is 21.4 Å². The monoisotopic (exact) mass is 680 g/mol. The van der Waals surface area contributed by atoms with Gasteiger partial charge in [0.25, 0.3) is 25.2 Å². The average Bonchev–Trinajstić information content (AvgIpc) is 3.33. The quantitative estimate of drug-likeness (QED) is 0.163. The molecule has 0 bridgehead atoms. The number of fused-ring (bicyclic) bond motifs is 2. The van der Waals surface area contributed by atoms with E-state index in [2.05, 4.69) is 0 Å². The molecule has 3 aromatic rings. The van der Waals surface area contributed by atoms with Gasteiger partial charge in [-0.3, -0.25) is 9.11 Å². The summed E-state index contributed by atoms with van der Waals surface area (Å²) in [5.74, 6) is -1.98. The lowest BCUT2D eigenvalue weighted by atomic mass is 9.92. The minimum Gasteiger partial charge on any atom is -0.392 e. The molecule has 0 radical (unpaired) electrons. The van der Waals surface area contributed by atoms with Crippen molar-refractivity contribution in [3.63, 3.8) is 0 Å². The van der Waals surface area contributed by atoms with E-state index in [0.717, 1.165) is 25.6 Å². The van der Waals surface area contributed by atoms with Crippen LogP contribution in [0.4, 0.5) is 0 Å². The summed E-state index contributed by atoms with van der Waals surface area (Å²) in [6.45, 7) is 1.85. The van der Waals surface area contributed by atoms with Crippen molar-refractivity contribution < 1.29 is 40.7 Å². The summed E-state index contributed by atoms with van der Waals surface area (Å²) in [5, 5.41) is 22.6. The molecule has 0 fully saturated rings. The molecule has 41 heavy (non-hydrogen) atoms. The van der Waals surface area contributed by atoms with Crippen molar-refractivity contribution in [1.82, 2.24) is 0 Å². The van der Waals surface area contributed by atoms with E-state index < -0.39 is 43.9 Å². The Bertz CT molecular complexity index is 1740. The topological polar surface area (TPSA) is 153 Å². The molecule has 222 valence electrons. The van der Waals surface area contributed by atoms with Crippen LogP contribution in [0, 0.1) is 0 Å². The average molecular weight is 682 g/mol. The maximum atomic E-state index is 11.4. The SMILES string of the molecule is CCC(=Cc1sc2ccc(Cl)cc2[n+]1CC(O)CS(=O)(=O)O)/C=C1\Sc2ccc(Cl)cc2C1CC(O)CS(=O)(=O)O. The van der Waals surface area contributed by atoms with Gasteiger partial charge in [-0.15, -0.1) is 0 Å². The van der Waals surface area contributed by atoms with Gasteiger partial charge in [0.2, 0.25) is 5.52 Å². The Morgan fingerprint density at radius 3 is 2.29 bits per heavy atom. The minimum absolute atomic E-state index is 0.0478. The molecule has 4 rings (SSSR count). The first-order valence-corrected chi connectivity index (χ1v) is 18.0. The molecule has 2 heterocycles. The Morgan fingerprint density at radius 2 is 1.63 bits per heavy atom. The van der Waals surface area contributed by atoms with E-state index in [1.165, 1.54) is 23.1 Å². The van der Waals surface area contributed by atoms with Gasteiger partial charge in [-0.05, 0) is 65.3 Å². The van der Waals surface area contributed by atoms with Gasteiger partial charge >= 0.3 is 0 Å². The van der Waals surface area contributed by atoms with Crippen molar-refractivity contribution in [2.24, 2.45) is 0 Å².